The van der Waals surface area contributed by atoms with Crippen LogP contribution >= 0.6 is 0 Å². The lowest BCUT2D eigenvalue weighted by Gasteiger charge is -2.15. The van der Waals surface area contributed by atoms with Crippen molar-refractivity contribution in [2.75, 3.05) is 0 Å². The zero-order valence-electron chi connectivity index (χ0n) is 5.79. The Morgan fingerprint density at radius 1 is 1.67 bits per heavy atom. The van der Waals surface area contributed by atoms with E-state index in [1.54, 1.807) is 13.8 Å². The number of carbonyl (C=O) groups excluding carboxylic acids is 1. The van der Waals surface area contributed by atoms with Gasteiger partial charge in [0.15, 0.2) is 5.78 Å². The van der Waals surface area contributed by atoms with Crippen LogP contribution in [-0.4, -0.2) is 16.9 Å². The van der Waals surface area contributed by atoms with E-state index in [-0.39, 0.29) is 11.8 Å². The predicted molar refractivity (Wildman–Crippen MR) is 35.0 cm³/mol. The number of rotatable bonds is 3. The van der Waals surface area contributed by atoms with Gasteiger partial charge in [-0.15, -0.1) is 0 Å². The molecule has 4 nitrogen and oxygen atoms in total. The van der Waals surface area contributed by atoms with E-state index in [4.69, 9.17) is 11.7 Å². The Kier molecular flexibility index (Phi) is 3.37. The molecule has 0 radical (unpaired) electrons. The van der Waals surface area contributed by atoms with Crippen LogP contribution in [0.25, 0.3) is 0 Å². The Morgan fingerprint density at radius 3 is 2.22 bits per heavy atom. The zero-order chi connectivity index (χ0) is 7.44. The van der Waals surface area contributed by atoms with E-state index in [9.17, 15) is 4.79 Å². The van der Waals surface area contributed by atoms with Gasteiger partial charge < -0.3 is 0 Å². The van der Waals surface area contributed by atoms with Crippen molar-refractivity contribution in [1.82, 2.24) is 5.12 Å². The van der Waals surface area contributed by atoms with Gasteiger partial charge in [0.25, 0.3) is 0 Å². The lowest BCUT2D eigenvalue weighted by molar-refractivity contribution is -0.123. The highest BCUT2D eigenvalue weighted by molar-refractivity contribution is 5.83. The Balaban J connectivity index is 3.72. The van der Waals surface area contributed by atoms with Gasteiger partial charge in [-0.05, 0) is 6.92 Å². The van der Waals surface area contributed by atoms with Crippen LogP contribution in [0.1, 0.15) is 20.3 Å². The molecule has 0 aromatic heterocycles. The molecule has 0 aliphatic rings. The zero-order valence-corrected chi connectivity index (χ0v) is 5.79. The molecule has 0 aromatic rings. The fraction of sp³-hybridized carbons (Fsp3) is 0.800. The van der Waals surface area contributed by atoms with Gasteiger partial charge in [-0.3, -0.25) is 16.5 Å². The molecule has 9 heavy (non-hydrogen) atoms. The highest BCUT2D eigenvalue weighted by Gasteiger charge is 2.12. The molecule has 0 aliphatic carbocycles. The topological polar surface area (TPSA) is 72.3 Å². The van der Waals surface area contributed by atoms with Crippen LogP contribution in [0.15, 0.2) is 0 Å². The van der Waals surface area contributed by atoms with Crippen LogP contribution in [0.4, 0.5) is 0 Å². The summed E-state index contributed by atoms with van der Waals surface area (Å²) in [5, 5.41) is 0.922. The van der Waals surface area contributed by atoms with Crippen LogP contribution in [0, 0.1) is 0 Å². The van der Waals surface area contributed by atoms with E-state index < -0.39 is 0 Å². The molecule has 0 heterocycles. The lowest BCUT2D eigenvalue weighted by atomic mass is 10.2. The highest BCUT2D eigenvalue weighted by Crippen LogP contribution is 1.91. The number of nitrogens with two attached hydrogens (primary N) is 2. The Bertz CT molecular complexity index is 102. The summed E-state index contributed by atoms with van der Waals surface area (Å²) >= 11 is 0. The average Bonchev–Trinajstić information content (AvgIpc) is 1.84. The molecule has 4 N–H and O–H groups in total. The van der Waals surface area contributed by atoms with Crippen molar-refractivity contribution in [2.45, 2.75) is 26.3 Å². The molecule has 0 saturated carbocycles. The van der Waals surface area contributed by atoms with Crippen molar-refractivity contribution in [1.29, 1.82) is 0 Å². The van der Waals surface area contributed by atoms with Gasteiger partial charge in [-0.2, -0.15) is 5.12 Å². The minimum atomic E-state index is -0.366. The smallest absolute Gasteiger partial charge is 0.152 e. The standard InChI is InChI=1S/C5H13N3O/c1-3-5(9)4(2)8(6)7/h4H,3,6-7H2,1-2H3. The number of ketones is 1. The van der Waals surface area contributed by atoms with Crippen LogP contribution < -0.4 is 11.7 Å². The van der Waals surface area contributed by atoms with E-state index in [1.165, 1.54) is 0 Å². The van der Waals surface area contributed by atoms with E-state index in [2.05, 4.69) is 0 Å². The third kappa shape index (κ3) is 2.55. The van der Waals surface area contributed by atoms with Crippen molar-refractivity contribution < 1.29 is 4.79 Å². The van der Waals surface area contributed by atoms with Crippen LogP contribution in [0.3, 0.4) is 0 Å². The molecule has 0 aliphatic heterocycles. The summed E-state index contributed by atoms with van der Waals surface area (Å²) in [6.45, 7) is 3.45. The number of hydrogen-bond donors (Lipinski definition) is 2. The fourth-order valence-corrected chi connectivity index (χ4v) is 0.462. The van der Waals surface area contributed by atoms with Crippen molar-refractivity contribution in [3.05, 3.63) is 0 Å². The first kappa shape index (κ1) is 8.55. The lowest BCUT2D eigenvalue weighted by Crippen LogP contribution is -2.48. The van der Waals surface area contributed by atoms with Gasteiger partial charge in [-0.25, -0.2) is 0 Å². The SMILES string of the molecule is CCC(=O)C(C)N(N)N. The van der Waals surface area contributed by atoms with E-state index in [0.717, 1.165) is 5.12 Å². The molecule has 4 heteroatoms. The van der Waals surface area contributed by atoms with Gasteiger partial charge in [0.05, 0.1) is 6.04 Å². The molecule has 54 valence electrons. The van der Waals surface area contributed by atoms with Crippen molar-refractivity contribution >= 4 is 5.78 Å². The third-order valence-corrected chi connectivity index (χ3v) is 1.26. The fourth-order valence-electron chi connectivity index (χ4n) is 0.462. The number of hydrazine groups is 2. The minimum absolute atomic E-state index is 0.0556. The maximum Gasteiger partial charge on any atom is 0.152 e. The second-order valence-electron chi connectivity index (χ2n) is 1.94. The first-order chi connectivity index (χ1) is 4.09. The number of Topliss-reactive ketones (excluding diaryl/α,β-unsaturated/α-hetero) is 1. The van der Waals surface area contributed by atoms with E-state index >= 15 is 0 Å². The summed E-state index contributed by atoms with van der Waals surface area (Å²) in [5.74, 6) is 10.3. The molecular weight excluding hydrogens is 118 g/mol. The molecule has 0 bridgehead atoms. The van der Waals surface area contributed by atoms with Gasteiger partial charge in [0, 0.05) is 6.42 Å². The predicted octanol–water partition coefficient (Wildman–Crippen LogP) is -0.597. The van der Waals surface area contributed by atoms with E-state index in [1.807, 2.05) is 0 Å². The first-order valence-corrected chi connectivity index (χ1v) is 2.91. The monoisotopic (exact) mass is 131 g/mol. The summed E-state index contributed by atoms with van der Waals surface area (Å²) in [4.78, 5) is 10.8. The number of carbonyl (C=O) groups is 1. The largest absolute Gasteiger partial charge is 0.298 e. The van der Waals surface area contributed by atoms with Crippen molar-refractivity contribution in [3.8, 4) is 0 Å². The summed E-state index contributed by atoms with van der Waals surface area (Å²) < 4.78 is 0. The second kappa shape index (κ2) is 3.55. The molecule has 0 fully saturated rings. The molecule has 0 spiro atoms. The molecule has 1 unspecified atom stereocenters. The normalized spacial score (nSPS) is 13.9. The Morgan fingerprint density at radius 2 is 2.11 bits per heavy atom. The maximum absolute atomic E-state index is 10.8. The molecule has 1 atom stereocenters. The second-order valence-corrected chi connectivity index (χ2v) is 1.94. The van der Waals surface area contributed by atoms with E-state index in [0.29, 0.717) is 6.42 Å². The first-order valence-electron chi connectivity index (χ1n) is 2.91. The quantitative estimate of drug-likeness (QED) is 0.396. The summed E-state index contributed by atoms with van der Waals surface area (Å²) in [7, 11) is 0. The van der Waals surface area contributed by atoms with Crippen LogP contribution in [-0.2, 0) is 4.79 Å². The summed E-state index contributed by atoms with van der Waals surface area (Å²) in [6.07, 6.45) is 0.478. The van der Waals surface area contributed by atoms with Gasteiger partial charge >= 0.3 is 0 Å². The maximum atomic E-state index is 10.8. The van der Waals surface area contributed by atoms with Gasteiger partial charge in [0.2, 0.25) is 0 Å². The number of hydrogen-bond acceptors (Lipinski definition) is 4. The third-order valence-electron chi connectivity index (χ3n) is 1.26. The number of nitrogens with zero attached hydrogens (tertiary/aromatic N) is 1. The molecular formula is C5H13N3O. The molecule has 0 amide bonds. The highest BCUT2D eigenvalue weighted by atomic mass is 16.1. The molecule has 0 rings (SSSR count). The summed E-state index contributed by atoms with van der Waals surface area (Å²) in [6, 6.07) is -0.366. The molecule has 0 aromatic carbocycles. The average molecular weight is 131 g/mol. The van der Waals surface area contributed by atoms with Gasteiger partial charge in [-0.1, -0.05) is 6.92 Å². The van der Waals surface area contributed by atoms with Crippen molar-refractivity contribution in [2.24, 2.45) is 11.7 Å². The van der Waals surface area contributed by atoms with Crippen molar-refractivity contribution in [3.63, 3.8) is 0 Å². The minimum Gasteiger partial charge on any atom is -0.298 e. The Hall–Kier alpha value is -0.450. The molecule has 0 saturated heterocycles. The Labute approximate surface area is 54.7 Å². The van der Waals surface area contributed by atoms with Gasteiger partial charge in [0.1, 0.15) is 0 Å². The van der Waals surface area contributed by atoms with Crippen LogP contribution in [0.5, 0.6) is 0 Å². The van der Waals surface area contributed by atoms with Crippen LogP contribution in [0.2, 0.25) is 0 Å². The summed E-state index contributed by atoms with van der Waals surface area (Å²) in [5.41, 5.74) is 0.